The summed E-state index contributed by atoms with van der Waals surface area (Å²) in [5.74, 6) is 1.63. The van der Waals surface area contributed by atoms with E-state index in [1.807, 2.05) is 19.9 Å². The van der Waals surface area contributed by atoms with Crippen LogP contribution in [-0.4, -0.2) is 18.8 Å². The summed E-state index contributed by atoms with van der Waals surface area (Å²) in [5, 5.41) is 0. The van der Waals surface area contributed by atoms with Crippen LogP contribution in [0.4, 0.5) is 0 Å². The monoisotopic (exact) mass is 299 g/mol. The van der Waals surface area contributed by atoms with Crippen molar-refractivity contribution in [2.45, 2.75) is 32.7 Å². The van der Waals surface area contributed by atoms with Crippen molar-refractivity contribution in [2.75, 3.05) is 13.2 Å². The Kier molecular flexibility index (Phi) is 3.36. The lowest BCUT2D eigenvalue weighted by atomic mass is 9.93. The molecule has 0 fully saturated rings. The Balaban J connectivity index is 2.46. The quantitative estimate of drug-likeness (QED) is 0.913. The average molecular weight is 300 g/mol. The largest absolute Gasteiger partial charge is 0.486 e. The zero-order valence-electron chi connectivity index (χ0n) is 10.5. The number of hydrogen-bond donors (Lipinski definition) is 1. The summed E-state index contributed by atoms with van der Waals surface area (Å²) in [7, 11) is 0. The first-order valence-electron chi connectivity index (χ1n) is 5.75. The second-order valence-electron chi connectivity index (χ2n) is 5.18. The number of benzene rings is 1. The maximum absolute atomic E-state index is 6.09. The molecule has 0 spiro atoms. The van der Waals surface area contributed by atoms with Gasteiger partial charge >= 0.3 is 0 Å². The third kappa shape index (κ3) is 2.75. The number of halogens is 1. The average Bonchev–Trinajstić information content (AvgIpc) is 2.23. The van der Waals surface area contributed by atoms with Crippen LogP contribution in [0.3, 0.4) is 0 Å². The molecule has 0 bridgehead atoms. The SMILES string of the molecule is Cc1cc2c(c(Br)c1CC(C)(C)N)OCCO2. The molecule has 0 amide bonds. The molecule has 4 heteroatoms. The number of hydrogen-bond acceptors (Lipinski definition) is 3. The van der Waals surface area contributed by atoms with E-state index in [1.54, 1.807) is 0 Å². The fourth-order valence-corrected chi connectivity index (χ4v) is 2.74. The third-order valence-corrected chi connectivity index (χ3v) is 3.57. The lowest BCUT2D eigenvalue weighted by Gasteiger charge is -2.25. The van der Waals surface area contributed by atoms with Crippen LogP contribution in [-0.2, 0) is 6.42 Å². The van der Waals surface area contributed by atoms with Gasteiger partial charge in [0.25, 0.3) is 0 Å². The maximum Gasteiger partial charge on any atom is 0.175 e. The Morgan fingerprint density at radius 2 is 2.00 bits per heavy atom. The Labute approximate surface area is 110 Å². The minimum absolute atomic E-state index is 0.239. The molecule has 2 N–H and O–H groups in total. The predicted octanol–water partition coefficient (Wildman–Crippen LogP) is 2.81. The normalized spacial score (nSPS) is 14.9. The van der Waals surface area contributed by atoms with Gasteiger partial charge in [0.1, 0.15) is 13.2 Å². The van der Waals surface area contributed by atoms with E-state index in [9.17, 15) is 0 Å². The number of ether oxygens (including phenoxy) is 2. The van der Waals surface area contributed by atoms with Gasteiger partial charge < -0.3 is 15.2 Å². The molecule has 1 heterocycles. The molecule has 1 aromatic carbocycles. The smallest absolute Gasteiger partial charge is 0.175 e. The van der Waals surface area contributed by atoms with E-state index in [1.165, 1.54) is 11.1 Å². The van der Waals surface area contributed by atoms with Crippen LogP contribution in [0.2, 0.25) is 0 Å². The van der Waals surface area contributed by atoms with Crippen molar-refractivity contribution in [3.8, 4) is 11.5 Å². The summed E-state index contributed by atoms with van der Waals surface area (Å²) in [6.45, 7) is 7.33. The van der Waals surface area contributed by atoms with Crippen molar-refractivity contribution in [3.63, 3.8) is 0 Å². The second kappa shape index (κ2) is 4.50. The highest BCUT2D eigenvalue weighted by atomic mass is 79.9. The first kappa shape index (κ1) is 12.7. The summed E-state index contributed by atoms with van der Waals surface area (Å²) in [6.07, 6.45) is 0.802. The summed E-state index contributed by atoms with van der Waals surface area (Å²) in [6, 6.07) is 2.03. The lowest BCUT2D eigenvalue weighted by Crippen LogP contribution is -2.35. The van der Waals surface area contributed by atoms with E-state index >= 15 is 0 Å². The summed E-state index contributed by atoms with van der Waals surface area (Å²) >= 11 is 3.61. The van der Waals surface area contributed by atoms with Crippen LogP contribution in [0.1, 0.15) is 25.0 Å². The van der Waals surface area contributed by atoms with Gasteiger partial charge in [0.05, 0.1) is 4.47 Å². The molecule has 0 unspecified atom stereocenters. The van der Waals surface area contributed by atoms with Crippen LogP contribution in [0.15, 0.2) is 10.5 Å². The summed E-state index contributed by atoms with van der Waals surface area (Å²) in [5.41, 5.74) is 8.23. The summed E-state index contributed by atoms with van der Waals surface area (Å²) < 4.78 is 12.2. The molecule has 0 saturated carbocycles. The van der Waals surface area contributed by atoms with E-state index < -0.39 is 0 Å². The van der Waals surface area contributed by atoms with Gasteiger partial charge in [-0.05, 0) is 60.3 Å². The highest BCUT2D eigenvalue weighted by Crippen LogP contribution is 2.42. The van der Waals surface area contributed by atoms with E-state index in [2.05, 4.69) is 22.9 Å². The van der Waals surface area contributed by atoms with Crippen molar-refractivity contribution in [2.24, 2.45) is 5.73 Å². The van der Waals surface area contributed by atoms with Crippen LogP contribution in [0, 0.1) is 6.92 Å². The molecule has 94 valence electrons. The molecular formula is C13H18BrNO2. The molecule has 1 aromatic rings. The van der Waals surface area contributed by atoms with Crippen LogP contribution < -0.4 is 15.2 Å². The minimum Gasteiger partial charge on any atom is -0.486 e. The predicted molar refractivity (Wildman–Crippen MR) is 71.8 cm³/mol. The van der Waals surface area contributed by atoms with E-state index in [4.69, 9.17) is 15.2 Å². The second-order valence-corrected chi connectivity index (χ2v) is 5.97. The first-order chi connectivity index (χ1) is 7.88. The Bertz CT molecular complexity index is 438. The zero-order chi connectivity index (χ0) is 12.6. The standard InChI is InChI=1S/C13H18BrNO2/c1-8-6-10-12(17-5-4-16-10)11(14)9(8)7-13(2,3)15/h6H,4-5,7,15H2,1-3H3. The molecule has 0 radical (unpaired) electrons. The molecule has 0 atom stereocenters. The highest BCUT2D eigenvalue weighted by molar-refractivity contribution is 9.10. The maximum atomic E-state index is 6.09. The van der Waals surface area contributed by atoms with Crippen LogP contribution in [0.5, 0.6) is 11.5 Å². The van der Waals surface area contributed by atoms with Gasteiger partial charge in [-0.3, -0.25) is 0 Å². The van der Waals surface area contributed by atoms with E-state index in [-0.39, 0.29) is 5.54 Å². The Morgan fingerprint density at radius 3 is 2.65 bits per heavy atom. The first-order valence-corrected chi connectivity index (χ1v) is 6.54. The lowest BCUT2D eigenvalue weighted by molar-refractivity contribution is 0.170. The molecule has 0 aliphatic carbocycles. The topological polar surface area (TPSA) is 44.5 Å². The molecule has 0 saturated heterocycles. The number of nitrogens with two attached hydrogens (primary N) is 1. The third-order valence-electron chi connectivity index (χ3n) is 2.73. The van der Waals surface area contributed by atoms with Gasteiger partial charge in [-0.2, -0.15) is 0 Å². The minimum atomic E-state index is -0.239. The van der Waals surface area contributed by atoms with Crippen molar-refractivity contribution in [1.82, 2.24) is 0 Å². The fraction of sp³-hybridized carbons (Fsp3) is 0.538. The van der Waals surface area contributed by atoms with Gasteiger partial charge in [-0.25, -0.2) is 0 Å². The number of aryl methyl sites for hydroxylation is 1. The van der Waals surface area contributed by atoms with Crippen molar-refractivity contribution in [3.05, 3.63) is 21.7 Å². The van der Waals surface area contributed by atoms with Crippen LogP contribution in [0.25, 0.3) is 0 Å². The summed E-state index contributed by atoms with van der Waals surface area (Å²) in [4.78, 5) is 0. The molecule has 0 aromatic heterocycles. The zero-order valence-corrected chi connectivity index (χ0v) is 12.1. The highest BCUT2D eigenvalue weighted by Gasteiger charge is 2.23. The molecule has 17 heavy (non-hydrogen) atoms. The molecule has 1 aliphatic rings. The van der Waals surface area contributed by atoms with Gasteiger partial charge in [0.15, 0.2) is 11.5 Å². The van der Waals surface area contributed by atoms with Gasteiger partial charge in [-0.15, -0.1) is 0 Å². The molecule has 2 rings (SSSR count). The van der Waals surface area contributed by atoms with Crippen molar-refractivity contribution < 1.29 is 9.47 Å². The number of rotatable bonds is 2. The Hall–Kier alpha value is -0.740. The van der Waals surface area contributed by atoms with E-state index in [0.717, 1.165) is 22.4 Å². The van der Waals surface area contributed by atoms with Gasteiger partial charge in [0, 0.05) is 5.54 Å². The van der Waals surface area contributed by atoms with Crippen molar-refractivity contribution >= 4 is 15.9 Å². The number of fused-ring (bicyclic) bond motifs is 1. The Morgan fingerprint density at radius 1 is 1.35 bits per heavy atom. The molecular weight excluding hydrogens is 282 g/mol. The fourth-order valence-electron chi connectivity index (χ4n) is 1.98. The van der Waals surface area contributed by atoms with Crippen molar-refractivity contribution in [1.29, 1.82) is 0 Å². The molecule has 3 nitrogen and oxygen atoms in total. The van der Waals surface area contributed by atoms with Gasteiger partial charge in [0.2, 0.25) is 0 Å². The van der Waals surface area contributed by atoms with Crippen LogP contribution >= 0.6 is 15.9 Å². The van der Waals surface area contributed by atoms with E-state index in [0.29, 0.717) is 13.2 Å². The molecule has 1 aliphatic heterocycles. The van der Waals surface area contributed by atoms with Gasteiger partial charge in [-0.1, -0.05) is 0 Å².